The number of aromatic nitrogens is 4. The van der Waals surface area contributed by atoms with Crippen LogP contribution in [0.4, 0.5) is 28.8 Å². The summed E-state index contributed by atoms with van der Waals surface area (Å²) in [7, 11) is -1.08. The number of rotatable bonds is 15. The molecule has 9 rings (SSSR count). The zero-order valence-electron chi connectivity index (χ0n) is 40.6. The van der Waals surface area contributed by atoms with Crippen molar-refractivity contribution in [2.24, 2.45) is 5.41 Å². The number of halogens is 1. The van der Waals surface area contributed by atoms with E-state index in [9.17, 15) is 18.9 Å². The van der Waals surface area contributed by atoms with E-state index in [-0.39, 0.29) is 18.2 Å². The predicted molar refractivity (Wildman–Crippen MR) is 279 cm³/mol. The van der Waals surface area contributed by atoms with Gasteiger partial charge in [0, 0.05) is 73.9 Å². The van der Waals surface area contributed by atoms with Crippen molar-refractivity contribution in [3.63, 3.8) is 0 Å². The standard InChI is InChI=1S/C53H62BrN10O5P/c1-35-31-42(59-52-57-33-39(54)49(61-52)58-41-17-16-40-47(56-25-24-55-40)48(41)70(3,4)68)45(69-2)32-44(35)63-29-22-53(23-30-63)20-27-62(28-21-53)26-11-9-7-5-6-8-10-13-36-14-12-15-37-38(36)34-64(51(37)67)43-18-19-46(65)60-50(43)66/h12,14-17,24-25,31-33,43H,5-9,11,18-23,26-30,34H2,1-4H3,(H,60,65,66)(H2,57,58,59,61). The van der Waals surface area contributed by atoms with Crippen molar-refractivity contribution in [2.75, 3.05) is 68.7 Å². The van der Waals surface area contributed by atoms with E-state index in [1.807, 2.05) is 24.3 Å². The number of amides is 3. The fourth-order valence-electron chi connectivity index (χ4n) is 10.6. The maximum absolute atomic E-state index is 13.5. The summed E-state index contributed by atoms with van der Waals surface area (Å²) in [6, 6.07) is 13.0. The summed E-state index contributed by atoms with van der Waals surface area (Å²) in [6.45, 7) is 11.5. The summed E-state index contributed by atoms with van der Waals surface area (Å²) in [5, 5.41) is 9.76. The lowest BCUT2D eigenvalue weighted by atomic mass is 9.71. The fraction of sp³-hybridized carbons (Fsp3) is 0.453. The van der Waals surface area contributed by atoms with E-state index >= 15 is 0 Å². The van der Waals surface area contributed by atoms with Crippen LogP contribution in [0.25, 0.3) is 11.0 Å². The summed E-state index contributed by atoms with van der Waals surface area (Å²) in [4.78, 5) is 62.3. The van der Waals surface area contributed by atoms with Crippen molar-refractivity contribution in [1.82, 2.24) is 35.1 Å². The number of aryl methyl sites for hydroxylation is 1. The summed E-state index contributed by atoms with van der Waals surface area (Å²) >= 11 is 3.60. The molecule has 5 aromatic rings. The second kappa shape index (κ2) is 21.2. The molecule has 366 valence electrons. The number of nitrogens with one attached hydrogen (secondary N) is 3. The molecular weight excluding hydrogens is 968 g/mol. The number of hydrogen-bond acceptors (Lipinski definition) is 13. The Morgan fingerprint density at radius 3 is 2.44 bits per heavy atom. The van der Waals surface area contributed by atoms with Gasteiger partial charge in [0.25, 0.3) is 5.91 Å². The van der Waals surface area contributed by atoms with Gasteiger partial charge >= 0.3 is 0 Å². The Morgan fingerprint density at radius 2 is 1.67 bits per heavy atom. The Balaban J connectivity index is 0.705. The third kappa shape index (κ3) is 10.9. The minimum absolute atomic E-state index is 0.165. The first-order chi connectivity index (χ1) is 33.8. The quantitative estimate of drug-likeness (QED) is 0.0393. The highest BCUT2D eigenvalue weighted by atomic mass is 79.9. The number of fused-ring (bicyclic) bond motifs is 2. The molecule has 1 spiro atoms. The number of hydrogen-bond donors (Lipinski definition) is 3. The topological polar surface area (TPSA) is 175 Å². The van der Waals surface area contributed by atoms with E-state index in [2.05, 4.69) is 87.5 Å². The maximum Gasteiger partial charge on any atom is 0.255 e. The van der Waals surface area contributed by atoms with Gasteiger partial charge in [-0.1, -0.05) is 37.2 Å². The highest BCUT2D eigenvalue weighted by molar-refractivity contribution is 9.10. The average Bonchev–Trinajstić information content (AvgIpc) is 3.68. The zero-order chi connectivity index (χ0) is 49.0. The molecule has 3 fully saturated rings. The van der Waals surface area contributed by atoms with E-state index < -0.39 is 19.1 Å². The molecule has 1 atom stereocenters. The maximum atomic E-state index is 13.5. The Labute approximate surface area is 418 Å². The van der Waals surface area contributed by atoms with Gasteiger partial charge < -0.3 is 34.6 Å². The van der Waals surface area contributed by atoms with Crippen LogP contribution in [0, 0.1) is 24.2 Å². The first-order valence-electron chi connectivity index (χ1n) is 24.6. The molecule has 15 nitrogen and oxygen atoms in total. The van der Waals surface area contributed by atoms with Crippen molar-refractivity contribution in [3.8, 4) is 17.6 Å². The highest BCUT2D eigenvalue weighted by Crippen LogP contribution is 2.45. The minimum Gasteiger partial charge on any atom is -0.494 e. The van der Waals surface area contributed by atoms with Gasteiger partial charge in [-0.25, -0.2) is 4.98 Å². The van der Waals surface area contributed by atoms with Gasteiger partial charge in [0.05, 0.1) is 33.8 Å². The van der Waals surface area contributed by atoms with Crippen molar-refractivity contribution in [2.45, 2.75) is 96.6 Å². The van der Waals surface area contributed by atoms with Crippen LogP contribution in [0.1, 0.15) is 104 Å². The lowest BCUT2D eigenvalue weighted by molar-refractivity contribution is -0.136. The van der Waals surface area contributed by atoms with Crippen LogP contribution in [0.15, 0.2) is 65.5 Å². The normalized spacial score (nSPS) is 18.1. The fourth-order valence-corrected chi connectivity index (χ4v) is 12.3. The number of piperidine rings is 3. The second-order valence-corrected chi connectivity index (χ2v) is 23.6. The third-order valence-corrected chi connectivity index (χ3v) is 16.7. The van der Waals surface area contributed by atoms with Crippen LogP contribution in [0.3, 0.4) is 0 Å². The summed E-state index contributed by atoms with van der Waals surface area (Å²) in [5.74, 6) is 7.41. The molecule has 3 amide bonds. The lowest BCUT2D eigenvalue weighted by Crippen LogP contribution is -2.52. The van der Waals surface area contributed by atoms with Gasteiger partial charge in [-0.3, -0.25) is 29.7 Å². The van der Waals surface area contributed by atoms with Gasteiger partial charge in [0.1, 0.15) is 30.3 Å². The SMILES string of the molecule is COc1cc(N2CCC3(CCN(CCCCCCCC#Cc4cccc5c4CN(C4CCC(=O)NC4=O)C5=O)CC3)CC2)c(C)cc1Nc1ncc(Br)c(Nc2ccc3nccnc3c2P(C)(C)=O)n1. The second-order valence-electron chi connectivity index (χ2n) is 19.6. The van der Waals surface area contributed by atoms with Crippen LogP contribution in [0.2, 0.25) is 0 Å². The third-order valence-electron chi connectivity index (χ3n) is 14.6. The van der Waals surface area contributed by atoms with E-state index in [0.717, 1.165) is 54.7 Å². The predicted octanol–water partition coefficient (Wildman–Crippen LogP) is 9.07. The average molecular weight is 1030 g/mol. The Kier molecular flexibility index (Phi) is 14.9. The molecule has 3 aromatic carbocycles. The Bertz CT molecular complexity index is 2920. The van der Waals surface area contributed by atoms with E-state index in [1.165, 1.54) is 70.3 Å². The van der Waals surface area contributed by atoms with E-state index in [4.69, 9.17) is 9.72 Å². The highest BCUT2D eigenvalue weighted by Gasteiger charge is 2.40. The minimum atomic E-state index is -2.77. The first-order valence-corrected chi connectivity index (χ1v) is 28.0. The summed E-state index contributed by atoms with van der Waals surface area (Å²) in [6.07, 6.45) is 17.1. The molecule has 0 saturated carbocycles. The van der Waals surface area contributed by atoms with E-state index in [1.54, 1.807) is 50.0 Å². The smallest absolute Gasteiger partial charge is 0.255 e. The molecule has 6 heterocycles. The molecule has 0 bridgehead atoms. The number of carbonyl (C=O) groups is 3. The van der Waals surface area contributed by atoms with Crippen LogP contribution in [-0.2, 0) is 20.7 Å². The Hall–Kier alpha value is -5.88. The molecule has 17 heteroatoms. The number of nitrogens with zero attached hydrogens (tertiary/aromatic N) is 7. The van der Waals surface area contributed by atoms with Crippen LogP contribution >= 0.6 is 23.1 Å². The number of carbonyl (C=O) groups excluding carboxylic acids is 3. The molecule has 1 unspecified atom stereocenters. The molecule has 3 N–H and O–H groups in total. The van der Waals surface area contributed by atoms with Crippen LogP contribution in [0.5, 0.6) is 5.75 Å². The van der Waals surface area contributed by atoms with Crippen LogP contribution < -0.4 is 30.9 Å². The van der Waals surface area contributed by atoms with Crippen LogP contribution in [-0.4, -0.2) is 107 Å². The number of methoxy groups -OCH3 is 1. The Morgan fingerprint density at radius 1 is 0.914 bits per heavy atom. The molecule has 0 radical (unpaired) electrons. The van der Waals surface area contributed by atoms with Gasteiger partial charge in [-0.2, -0.15) is 4.98 Å². The van der Waals surface area contributed by atoms with Gasteiger partial charge in [-0.05, 0) is 148 Å². The monoisotopic (exact) mass is 1030 g/mol. The number of benzene rings is 3. The van der Waals surface area contributed by atoms with Crippen molar-refractivity contribution in [3.05, 3.63) is 87.8 Å². The molecule has 70 heavy (non-hydrogen) atoms. The number of imide groups is 1. The van der Waals surface area contributed by atoms with Crippen molar-refractivity contribution >= 4 is 86.0 Å². The molecule has 2 aromatic heterocycles. The molecule has 0 aliphatic carbocycles. The number of anilines is 5. The number of ether oxygens (including phenoxy) is 1. The summed E-state index contributed by atoms with van der Waals surface area (Å²) < 4.78 is 20.1. The first kappa shape index (κ1) is 49.1. The van der Waals surface area contributed by atoms with Crippen molar-refractivity contribution in [1.29, 1.82) is 0 Å². The van der Waals surface area contributed by atoms with Gasteiger partial charge in [0.2, 0.25) is 17.8 Å². The number of likely N-dealkylation sites (tertiary alicyclic amines) is 1. The van der Waals surface area contributed by atoms with Crippen molar-refractivity contribution < 1.29 is 23.7 Å². The van der Waals surface area contributed by atoms with Gasteiger partial charge in [-0.15, -0.1) is 0 Å². The molecule has 3 saturated heterocycles. The lowest BCUT2D eigenvalue weighted by Gasteiger charge is -2.47. The van der Waals surface area contributed by atoms with Gasteiger partial charge in [0.15, 0.2) is 0 Å². The molecule has 4 aliphatic rings. The number of unbranched alkanes of at least 4 members (excludes halogenated alkanes) is 5. The molecule has 4 aliphatic heterocycles. The van der Waals surface area contributed by atoms with E-state index in [0.29, 0.717) is 68.0 Å². The zero-order valence-corrected chi connectivity index (χ0v) is 43.1. The largest absolute Gasteiger partial charge is 0.494 e. The summed E-state index contributed by atoms with van der Waals surface area (Å²) in [5.41, 5.74) is 7.78. The molecular formula is C53H62BrN10O5P.